The van der Waals surface area contributed by atoms with Gasteiger partial charge in [-0.05, 0) is 19.9 Å². The van der Waals surface area contributed by atoms with Crippen LogP contribution in [0.5, 0.6) is 5.75 Å². The number of carbonyl (C=O) groups excluding carboxylic acids is 1. The van der Waals surface area contributed by atoms with Crippen LogP contribution >= 0.6 is 0 Å². The maximum absolute atomic E-state index is 11.6. The fraction of sp³-hybridized carbons (Fsp3) is 0.727. The van der Waals surface area contributed by atoms with Crippen molar-refractivity contribution in [3.63, 3.8) is 0 Å². The highest BCUT2D eigenvalue weighted by molar-refractivity contribution is 5.69. The van der Waals surface area contributed by atoms with Crippen molar-refractivity contribution >= 4 is 5.97 Å². The van der Waals surface area contributed by atoms with Gasteiger partial charge in [0.1, 0.15) is 12.4 Å². The number of ether oxygens (including phenoxy) is 5. The van der Waals surface area contributed by atoms with Gasteiger partial charge < -0.3 is 33.9 Å². The Kier molecular flexibility index (Phi) is 16.5. The van der Waals surface area contributed by atoms with E-state index in [0.29, 0.717) is 95.9 Å². The van der Waals surface area contributed by atoms with Crippen molar-refractivity contribution in [3.8, 4) is 5.75 Å². The van der Waals surface area contributed by atoms with Crippen molar-refractivity contribution in [2.24, 2.45) is 0 Å². The number of carbonyl (C=O) groups is 1. The number of aliphatic hydroxyl groups excluding tert-OH is 2. The van der Waals surface area contributed by atoms with Crippen LogP contribution in [0.25, 0.3) is 0 Å². The number of aromatic nitrogens is 1. The largest absolute Gasteiger partial charge is 0.492 e. The molecular formula is C22H38N2O8. The second-order valence-electron chi connectivity index (χ2n) is 6.92. The molecule has 0 saturated carbocycles. The van der Waals surface area contributed by atoms with Crippen LogP contribution in [0.1, 0.15) is 31.2 Å². The lowest BCUT2D eigenvalue weighted by Crippen LogP contribution is -2.33. The minimum atomic E-state index is -0.225. The van der Waals surface area contributed by atoms with E-state index in [4.69, 9.17) is 23.7 Å². The van der Waals surface area contributed by atoms with Gasteiger partial charge in [-0.25, -0.2) is 0 Å². The number of hydrogen-bond donors (Lipinski definition) is 2. The second kappa shape index (κ2) is 18.7. The van der Waals surface area contributed by atoms with Crippen LogP contribution < -0.4 is 4.74 Å². The normalized spacial score (nSPS) is 11.2. The average molecular weight is 459 g/mol. The van der Waals surface area contributed by atoms with Crippen molar-refractivity contribution in [1.82, 2.24) is 9.88 Å². The highest BCUT2D eigenvalue weighted by Gasteiger charge is 2.09. The molecule has 0 fully saturated rings. The molecule has 0 atom stereocenters. The zero-order valence-electron chi connectivity index (χ0n) is 19.3. The molecule has 0 aliphatic rings. The first kappa shape index (κ1) is 28.2. The molecule has 2 N–H and O–H groups in total. The first-order valence-corrected chi connectivity index (χ1v) is 11.0. The minimum absolute atomic E-state index is 0.196. The Labute approximate surface area is 190 Å². The third-order valence-electron chi connectivity index (χ3n) is 4.42. The maximum Gasteiger partial charge on any atom is 0.305 e. The lowest BCUT2D eigenvalue weighted by molar-refractivity contribution is -0.143. The molecule has 0 amide bonds. The molecule has 32 heavy (non-hydrogen) atoms. The predicted molar refractivity (Wildman–Crippen MR) is 117 cm³/mol. The molecular weight excluding hydrogens is 420 g/mol. The van der Waals surface area contributed by atoms with Gasteiger partial charge in [-0.3, -0.25) is 14.7 Å². The van der Waals surface area contributed by atoms with Crippen LogP contribution in [-0.4, -0.2) is 99.1 Å². The van der Waals surface area contributed by atoms with Crippen LogP contribution in [0.15, 0.2) is 12.1 Å². The molecule has 10 nitrogen and oxygen atoms in total. The summed E-state index contributed by atoms with van der Waals surface area (Å²) in [5, 5.41) is 18.6. The zero-order valence-corrected chi connectivity index (χ0v) is 19.3. The molecule has 1 aromatic rings. The standard InChI is InChI=1S/C22H38N2O8/c1-3-31-22(27)5-4-6-24(7-9-29-13-14-30-12-11-28-2)8-10-32-21-15-19(17-25)23-20(16-21)18-26/h15-16,25-26H,3-14,17-18H2,1-2H3. The van der Waals surface area contributed by atoms with Crippen molar-refractivity contribution in [2.45, 2.75) is 33.0 Å². The number of pyridine rings is 1. The Bertz CT molecular complexity index is 595. The van der Waals surface area contributed by atoms with Gasteiger partial charge in [0.15, 0.2) is 0 Å². The minimum Gasteiger partial charge on any atom is -0.492 e. The molecule has 0 aliphatic heterocycles. The van der Waals surface area contributed by atoms with E-state index in [9.17, 15) is 15.0 Å². The summed E-state index contributed by atoms with van der Waals surface area (Å²) >= 11 is 0. The monoisotopic (exact) mass is 458 g/mol. The number of methoxy groups -OCH3 is 1. The van der Waals surface area contributed by atoms with Crippen molar-refractivity contribution in [1.29, 1.82) is 0 Å². The third kappa shape index (κ3) is 13.6. The quantitative estimate of drug-likeness (QED) is 0.214. The van der Waals surface area contributed by atoms with E-state index in [1.165, 1.54) is 0 Å². The third-order valence-corrected chi connectivity index (χ3v) is 4.42. The number of nitrogens with zero attached hydrogens (tertiary/aromatic N) is 2. The molecule has 1 heterocycles. The van der Waals surface area contributed by atoms with Crippen molar-refractivity contribution in [2.75, 3.05) is 73.0 Å². The fourth-order valence-electron chi connectivity index (χ4n) is 2.83. The SMILES string of the molecule is CCOC(=O)CCCN(CCOCCOCCOC)CCOc1cc(CO)nc(CO)c1. The molecule has 0 aromatic carbocycles. The van der Waals surface area contributed by atoms with Crippen molar-refractivity contribution in [3.05, 3.63) is 23.5 Å². The van der Waals surface area contributed by atoms with E-state index >= 15 is 0 Å². The summed E-state index contributed by atoms with van der Waals surface area (Å²) in [6.45, 7) is 6.79. The zero-order chi connectivity index (χ0) is 23.4. The molecule has 184 valence electrons. The Hall–Kier alpha value is -1.82. The molecule has 10 heteroatoms. The van der Waals surface area contributed by atoms with Crippen LogP contribution in [0.4, 0.5) is 0 Å². The summed E-state index contributed by atoms with van der Waals surface area (Å²) in [7, 11) is 1.63. The number of rotatable bonds is 20. The van der Waals surface area contributed by atoms with Crippen LogP contribution in [-0.2, 0) is 37.0 Å². The van der Waals surface area contributed by atoms with E-state index in [2.05, 4.69) is 9.88 Å². The van der Waals surface area contributed by atoms with Gasteiger partial charge in [-0.1, -0.05) is 0 Å². The van der Waals surface area contributed by atoms with Crippen LogP contribution in [0.3, 0.4) is 0 Å². The molecule has 1 aromatic heterocycles. The van der Waals surface area contributed by atoms with E-state index in [1.807, 2.05) is 0 Å². The van der Waals surface area contributed by atoms with Gasteiger partial charge in [-0.2, -0.15) is 0 Å². The van der Waals surface area contributed by atoms with Gasteiger partial charge in [0, 0.05) is 38.8 Å². The van der Waals surface area contributed by atoms with Gasteiger partial charge in [-0.15, -0.1) is 0 Å². The van der Waals surface area contributed by atoms with Gasteiger partial charge in [0.25, 0.3) is 0 Å². The van der Waals surface area contributed by atoms with E-state index in [-0.39, 0.29) is 19.2 Å². The summed E-state index contributed by atoms with van der Waals surface area (Å²) in [6.07, 6.45) is 1.04. The van der Waals surface area contributed by atoms with Crippen molar-refractivity contribution < 1.29 is 38.7 Å². The number of esters is 1. The summed E-state index contributed by atoms with van der Waals surface area (Å²) in [6, 6.07) is 3.30. The summed E-state index contributed by atoms with van der Waals surface area (Å²) in [4.78, 5) is 17.8. The topological polar surface area (TPSA) is 120 Å². The molecule has 0 aliphatic carbocycles. The fourth-order valence-corrected chi connectivity index (χ4v) is 2.83. The molecule has 0 spiro atoms. The Morgan fingerprint density at radius 3 is 2.19 bits per heavy atom. The second-order valence-corrected chi connectivity index (χ2v) is 6.92. The number of hydrogen-bond acceptors (Lipinski definition) is 10. The molecule has 0 bridgehead atoms. The van der Waals surface area contributed by atoms with Gasteiger partial charge in [0.2, 0.25) is 0 Å². The smallest absolute Gasteiger partial charge is 0.305 e. The summed E-state index contributed by atoms with van der Waals surface area (Å²) < 4.78 is 26.7. The lowest BCUT2D eigenvalue weighted by Gasteiger charge is -2.22. The first-order valence-electron chi connectivity index (χ1n) is 11.0. The van der Waals surface area contributed by atoms with E-state index < -0.39 is 0 Å². The van der Waals surface area contributed by atoms with Crippen LogP contribution in [0, 0.1) is 0 Å². The molecule has 0 saturated heterocycles. The average Bonchev–Trinajstić information content (AvgIpc) is 2.80. The molecule has 0 unspecified atom stereocenters. The van der Waals surface area contributed by atoms with Gasteiger partial charge in [0.05, 0.1) is 64.2 Å². The maximum atomic E-state index is 11.6. The van der Waals surface area contributed by atoms with Crippen LogP contribution in [0.2, 0.25) is 0 Å². The Morgan fingerprint density at radius 1 is 0.938 bits per heavy atom. The summed E-state index contributed by atoms with van der Waals surface area (Å²) in [5.74, 6) is 0.349. The van der Waals surface area contributed by atoms with E-state index in [1.54, 1.807) is 26.2 Å². The lowest BCUT2D eigenvalue weighted by atomic mass is 10.3. The Balaban J connectivity index is 2.43. The Morgan fingerprint density at radius 2 is 1.56 bits per heavy atom. The van der Waals surface area contributed by atoms with Gasteiger partial charge >= 0.3 is 5.97 Å². The number of aliphatic hydroxyl groups is 2. The first-order chi connectivity index (χ1) is 15.6. The van der Waals surface area contributed by atoms with E-state index in [0.717, 1.165) is 0 Å². The molecule has 1 rings (SSSR count). The predicted octanol–water partition coefficient (Wildman–Crippen LogP) is 0.770. The molecule has 0 radical (unpaired) electrons. The highest BCUT2D eigenvalue weighted by Crippen LogP contribution is 2.15. The highest BCUT2D eigenvalue weighted by atomic mass is 16.5. The summed E-state index contributed by atoms with van der Waals surface area (Å²) in [5.41, 5.74) is 0.887.